The molecule has 3 N–H and O–H groups in total. The molecule has 0 aromatic rings. The third-order valence-electron chi connectivity index (χ3n) is 2.07. The number of amides is 1. The van der Waals surface area contributed by atoms with Gasteiger partial charge in [-0.3, -0.25) is 4.79 Å². The van der Waals surface area contributed by atoms with Gasteiger partial charge in [-0.25, -0.2) is 0 Å². The molecular formula is C7H14N2O. The van der Waals surface area contributed by atoms with E-state index in [0.717, 1.165) is 6.42 Å². The van der Waals surface area contributed by atoms with E-state index in [4.69, 9.17) is 5.73 Å². The molecular weight excluding hydrogens is 128 g/mol. The van der Waals surface area contributed by atoms with Gasteiger partial charge < -0.3 is 11.1 Å². The van der Waals surface area contributed by atoms with Gasteiger partial charge in [0.05, 0.1) is 0 Å². The van der Waals surface area contributed by atoms with Crippen molar-refractivity contribution in [3.8, 4) is 0 Å². The number of carbonyl (C=O) groups excluding carboxylic acids is 1. The van der Waals surface area contributed by atoms with E-state index in [1.165, 1.54) is 0 Å². The average Bonchev–Trinajstić information content (AvgIpc) is 1.78. The summed E-state index contributed by atoms with van der Waals surface area (Å²) in [4.78, 5) is 10.9. The molecule has 1 aliphatic rings. The molecule has 10 heavy (non-hydrogen) atoms. The Morgan fingerprint density at radius 1 is 1.70 bits per heavy atom. The van der Waals surface area contributed by atoms with E-state index in [9.17, 15) is 4.79 Å². The topological polar surface area (TPSA) is 55.1 Å². The zero-order valence-electron chi connectivity index (χ0n) is 6.48. The summed E-state index contributed by atoms with van der Waals surface area (Å²) in [6.07, 6.45) is 1.38. The van der Waals surface area contributed by atoms with Crippen molar-refractivity contribution in [2.45, 2.75) is 38.3 Å². The molecule has 1 atom stereocenters. The molecule has 3 heteroatoms. The molecule has 1 fully saturated rings. The smallest absolute Gasteiger partial charge is 0.220 e. The molecule has 1 unspecified atom stereocenters. The first-order valence-corrected chi connectivity index (χ1v) is 3.59. The Kier molecular flexibility index (Phi) is 1.68. The molecule has 58 valence electrons. The second-order valence-electron chi connectivity index (χ2n) is 3.42. The van der Waals surface area contributed by atoms with Crippen LogP contribution in [0.5, 0.6) is 0 Å². The Bertz CT molecular complexity index is 154. The van der Waals surface area contributed by atoms with Crippen molar-refractivity contribution in [2.75, 3.05) is 0 Å². The van der Waals surface area contributed by atoms with Gasteiger partial charge in [-0.1, -0.05) is 0 Å². The van der Waals surface area contributed by atoms with Gasteiger partial charge in [-0.15, -0.1) is 0 Å². The molecule has 1 aliphatic heterocycles. The zero-order chi connectivity index (χ0) is 7.78. The summed E-state index contributed by atoms with van der Waals surface area (Å²) in [5, 5.41) is 2.84. The number of hydrogen-bond acceptors (Lipinski definition) is 2. The van der Waals surface area contributed by atoms with Crippen LogP contribution in [0.4, 0.5) is 0 Å². The first-order valence-electron chi connectivity index (χ1n) is 3.59. The van der Waals surface area contributed by atoms with Crippen LogP contribution in [-0.4, -0.2) is 17.5 Å². The Morgan fingerprint density at radius 3 is 2.70 bits per heavy atom. The Labute approximate surface area is 61.0 Å². The van der Waals surface area contributed by atoms with Crippen LogP contribution >= 0.6 is 0 Å². The van der Waals surface area contributed by atoms with Gasteiger partial charge in [0.1, 0.15) is 0 Å². The number of nitrogens with two attached hydrogens (primary N) is 1. The maximum Gasteiger partial charge on any atom is 0.220 e. The highest BCUT2D eigenvalue weighted by Gasteiger charge is 2.32. The number of rotatable bonds is 0. The van der Waals surface area contributed by atoms with E-state index < -0.39 is 0 Å². The van der Waals surface area contributed by atoms with Gasteiger partial charge >= 0.3 is 0 Å². The van der Waals surface area contributed by atoms with Crippen LogP contribution in [0.3, 0.4) is 0 Å². The number of carbonyl (C=O) groups is 1. The monoisotopic (exact) mass is 142 g/mol. The maximum atomic E-state index is 10.9. The van der Waals surface area contributed by atoms with E-state index in [0.29, 0.717) is 6.42 Å². The minimum absolute atomic E-state index is 0.102. The lowest BCUT2D eigenvalue weighted by atomic mass is 9.88. The molecule has 0 aromatic carbocycles. The molecule has 0 saturated carbocycles. The summed E-state index contributed by atoms with van der Waals surface area (Å²) in [5.41, 5.74) is 5.55. The lowest BCUT2D eigenvalue weighted by molar-refractivity contribution is -0.125. The van der Waals surface area contributed by atoms with Crippen LogP contribution in [0.15, 0.2) is 0 Å². The van der Waals surface area contributed by atoms with Crippen molar-refractivity contribution in [3.63, 3.8) is 0 Å². The highest BCUT2D eigenvalue weighted by atomic mass is 16.1. The molecule has 1 saturated heterocycles. The molecule has 1 rings (SSSR count). The lowest BCUT2D eigenvalue weighted by Crippen LogP contribution is -2.59. The highest BCUT2D eigenvalue weighted by Crippen LogP contribution is 2.16. The first kappa shape index (κ1) is 7.54. The summed E-state index contributed by atoms with van der Waals surface area (Å²) < 4.78 is 0. The quantitative estimate of drug-likeness (QED) is 0.500. The van der Waals surface area contributed by atoms with E-state index in [-0.39, 0.29) is 17.5 Å². The number of piperidine rings is 1. The second-order valence-corrected chi connectivity index (χ2v) is 3.42. The minimum atomic E-state index is -0.213. The van der Waals surface area contributed by atoms with Crippen LogP contribution in [0.2, 0.25) is 0 Å². The van der Waals surface area contributed by atoms with Gasteiger partial charge in [0.15, 0.2) is 0 Å². The van der Waals surface area contributed by atoms with Crippen molar-refractivity contribution >= 4 is 5.91 Å². The highest BCUT2D eigenvalue weighted by molar-refractivity contribution is 5.77. The minimum Gasteiger partial charge on any atom is -0.350 e. The van der Waals surface area contributed by atoms with Crippen LogP contribution < -0.4 is 11.1 Å². The second kappa shape index (κ2) is 2.23. The lowest BCUT2D eigenvalue weighted by Gasteiger charge is -2.36. The van der Waals surface area contributed by atoms with Crippen LogP contribution in [0.25, 0.3) is 0 Å². The van der Waals surface area contributed by atoms with Gasteiger partial charge in [0, 0.05) is 18.0 Å². The van der Waals surface area contributed by atoms with E-state index in [1.807, 2.05) is 13.8 Å². The van der Waals surface area contributed by atoms with Crippen LogP contribution in [-0.2, 0) is 4.79 Å². The summed E-state index contributed by atoms with van der Waals surface area (Å²) in [6, 6.07) is 0.102. The molecule has 1 amide bonds. The first-order chi connectivity index (χ1) is 4.52. The number of nitrogens with one attached hydrogen (secondary N) is 1. The molecule has 0 aromatic heterocycles. The van der Waals surface area contributed by atoms with Gasteiger partial charge in [-0.2, -0.15) is 0 Å². The Morgan fingerprint density at radius 2 is 2.30 bits per heavy atom. The van der Waals surface area contributed by atoms with Crippen molar-refractivity contribution < 1.29 is 4.79 Å². The summed E-state index contributed by atoms with van der Waals surface area (Å²) in [6.45, 7) is 3.91. The van der Waals surface area contributed by atoms with E-state index >= 15 is 0 Å². The summed E-state index contributed by atoms with van der Waals surface area (Å²) >= 11 is 0. The molecule has 0 bridgehead atoms. The fraction of sp³-hybridized carbons (Fsp3) is 0.857. The Hall–Kier alpha value is -0.570. The molecule has 3 nitrogen and oxygen atoms in total. The number of hydrogen-bond donors (Lipinski definition) is 2. The van der Waals surface area contributed by atoms with Crippen molar-refractivity contribution in [1.82, 2.24) is 5.32 Å². The van der Waals surface area contributed by atoms with E-state index in [2.05, 4.69) is 5.32 Å². The predicted octanol–water partition coefficient (Wildman–Crippen LogP) is 0.00230. The largest absolute Gasteiger partial charge is 0.350 e. The molecule has 0 spiro atoms. The molecule has 1 heterocycles. The van der Waals surface area contributed by atoms with Gasteiger partial charge in [-0.05, 0) is 20.3 Å². The average molecular weight is 142 g/mol. The fourth-order valence-electron chi connectivity index (χ4n) is 1.16. The van der Waals surface area contributed by atoms with Crippen LogP contribution in [0, 0.1) is 0 Å². The summed E-state index contributed by atoms with van der Waals surface area (Å²) in [5.74, 6) is 0.117. The van der Waals surface area contributed by atoms with Crippen molar-refractivity contribution in [3.05, 3.63) is 0 Å². The normalized spacial score (nSPS) is 31.5. The van der Waals surface area contributed by atoms with Crippen molar-refractivity contribution in [1.29, 1.82) is 0 Å². The van der Waals surface area contributed by atoms with Crippen LogP contribution in [0.1, 0.15) is 26.7 Å². The maximum absolute atomic E-state index is 10.9. The fourth-order valence-corrected chi connectivity index (χ4v) is 1.16. The zero-order valence-corrected chi connectivity index (χ0v) is 6.48. The molecule has 0 aliphatic carbocycles. The standard InChI is InChI=1S/C7H14N2O/c1-7(2)5(8)3-4-6(10)9-7/h5H,3-4,8H2,1-2H3,(H,9,10). The van der Waals surface area contributed by atoms with Crippen molar-refractivity contribution in [2.24, 2.45) is 5.73 Å². The SMILES string of the molecule is CC1(C)NC(=O)CCC1N. The van der Waals surface area contributed by atoms with E-state index in [1.54, 1.807) is 0 Å². The summed E-state index contributed by atoms with van der Waals surface area (Å²) in [7, 11) is 0. The Balaban J connectivity index is 2.63. The predicted molar refractivity (Wildman–Crippen MR) is 39.4 cm³/mol. The third kappa shape index (κ3) is 1.29. The molecule has 0 radical (unpaired) electrons. The van der Waals surface area contributed by atoms with Gasteiger partial charge in [0.25, 0.3) is 0 Å². The third-order valence-corrected chi connectivity index (χ3v) is 2.07. The van der Waals surface area contributed by atoms with Gasteiger partial charge in [0.2, 0.25) is 5.91 Å².